The maximum Gasteiger partial charge on any atom is 0.227 e. The molecule has 1 unspecified atom stereocenters. The molecule has 1 amide bonds. The van der Waals surface area contributed by atoms with Gasteiger partial charge < -0.3 is 4.90 Å². The van der Waals surface area contributed by atoms with E-state index < -0.39 is 0 Å². The molecule has 1 aliphatic rings. The highest BCUT2D eigenvalue weighted by Gasteiger charge is 2.25. The number of benzene rings is 1. The smallest absolute Gasteiger partial charge is 0.227 e. The van der Waals surface area contributed by atoms with E-state index in [-0.39, 0.29) is 11.8 Å². The van der Waals surface area contributed by atoms with E-state index in [0.717, 1.165) is 43.3 Å². The molecular formula is C18H22Cl2N4O. The van der Waals surface area contributed by atoms with Gasteiger partial charge >= 0.3 is 0 Å². The highest BCUT2D eigenvalue weighted by molar-refractivity contribution is 6.31. The van der Waals surface area contributed by atoms with Gasteiger partial charge in [0.2, 0.25) is 5.91 Å². The van der Waals surface area contributed by atoms with Gasteiger partial charge in [-0.2, -0.15) is 5.10 Å². The van der Waals surface area contributed by atoms with Gasteiger partial charge in [0, 0.05) is 43.9 Å². The first-order valence-corrected chi connectivity index (χ1v) is 9.21. The van der Waals surface area contributed by atoms with Crippen LogP contribution in [0, 0.1) is 5.92 Å². The molecule has 0 bridgehead atoms. The number of nitrogens with zero attached hydrogens (tertiary/aromatic N) is 4. The van der Waals surface area contributed by atoms with Crippen LogP contribution in [0.15, 0.2) is 36.7 Å². The molecule has 0 radical (unpaired) electrons. The van der Waals surface area contributed by atoms with Crippen molar-refractivity contribution in [3.8, 4) is 0 Å². The normalized spacial score (nSPS) is 16.8. The van der Waals surface area contributed by atoms with E-state index in [0.29, 0.717) is 11.6 Å². The molecule has 1 atom stereocenters. The molecule has 3 rings (SSSR count). The molecule has 2 aromatic rings. The van der Waals surface area contributed by atoms with Gasteiger partial charge in [0.1, 0.15) is 0 Å². The molecule has 1 saturated heterocycles. The lowest BCUT2D eigenvalue weighted by Crippen LogP contribution is -2.50. The quantitative estimate of drug-likeness (QED) is 0.799. The van der Waals surface area contributed by atoms with Crippen molar-refractivity contribution in [1.29, 1.82) is 0 Å². The molecule has 134 valence electrons. The van der Waals surface area contributed by atoms with E-state index in [1.807, 2.05) is 30.0 Å². The summed E-state index contributed by atoms with van der Waals surface area (Å²) in [6.07, 6.45) is 3.33. The zero-order valence-electron chi connectivity index (χ0n) is 14.2. The zero-order valence-corrected chi connectivity index (χ0v) is 15.7. The van der Waals surface area contributed by atoms with Crippen LogP contribution in [-0.4, -0.2) is 51.7 Å². The molecular weight excluding hydrogens is 359 g/mol. The van der Waals surface area contributed by atoms with E-state index in [2.05, 4.69) is 16.1 Å². The predicted octanol–water partition coefficient (Wildman–Crippen LogP) is 3.17. The van der Waals surface area contributed by atoms with Crippen molar-refractivity contribution in [2.75, 3.05) is 26.2 Å². The second kappa shape index (κ2) is 8.21. The molecule has 0 spiro atoms. The minimum atomic E-state index is -0.119. The Balaban J connectivity index is 1.49. The summed E-state index contributed by atoms with van der Waals surface area (Å²) < 4.78 is 1.72. The summed E-state index contributed by atoms with van der Waals surface area (Å²) in [6.45, 7) is 6.51. The minimum Gasteiger partial charge on any atom is -0.340 e. The minimum absolute atomic E-state index is 0.119. The Kier molecular flexibility index (Phi) is 5.99. The van der Waals surface area contributed by atoms with Gasteiger partial charge in [-0.3, -0.25) is 14.4 Å². The molecule has 1 fully saturated rings. The monoisotopic (exact) mass is 380 g/mol. The molecule has 5 nitrogen and oxygen atoms in total. The third-order valence-corrected chi connectivity index (χ3v) is 5.08. The Labute approximate surface area is 158 Å². The summed E-state index contributed by atoms with van der Waals surface area (Å²) in [4.78, 5) is 16.9. The Morgan fingerprint density at radius 1 is 1.20 bits per heavy atom. The van der Waals surface area contributed by atoms with Gasteiger partial charge in [-0.05, 0) is 11.6 Å². The molecule has 0 N–H and O–H groups in total. The molecule has 1 aliphatic heterocycles. The van der Waals surface area contributed by atoms with Gasteiger partial charge in [0.05, 0.1) is 23.7 Å². The largest absolute Gasteiger partial charge is 0.340 e. The van der Waals surface area contributed by atoms with Crippen LogP contribution in [0.1, 0.15) is 12.5 Å². The Hall–Kier alpha value is -1.56. The van der Waals surface area contributed by atoms with Crippen LogP contribution in [0.2, 0.25) is 10.0 Å². The number of aromatic nitrogens is 2. The van der Waals surface area contributed by atoms with Crippen LogP contribution in [0.5, 0.6) is 0 Å². The van der Waals surface area contributed by atoms with Crippen LogP contribution in [0.3, 0.4) is 0 Å². The number of carbonyl (C=O) groups is 1. The molecule has 7 heteroatoms. The van der Waals surface area contributed by atoms with E-state index in [1.165, 1.54) is 0 Å². The fourth-order valence-corrected chi connectivity index (χ4v) is 3.45. The first kappa shape index (κ1) is 18.2. The number of rotatable bonds is 5. The molecule has 2 heterocycles. The maximum absolute atomic E-state index is 12.6. The third-order valence-electron chi connectivity index (χ3n) is 4.52. The van der Waals surface area contributed by atoms with Crippen LogP contribution in [0.4, 0.5) is 0 Å². The van der Waals surface area contributed by atoms with Crippen molar-refractivity contribution in [2.24, 2.45) is 5.92 Å². The SMILES string of the molecule is CC(Cn1cc(Cl)cn1)C(=O)N1CCN(Cc2ccccc2Cl)CC1. The Morgan fingerprint density at radius 2 is 1.92 bits per heavy atom. The van der Waals surface area contributed by atoms with Crippen molar-refractivity contribution in [3.05, 3.63) is 52.3 Å². The number of carbonyl (C=O) groups excluding carboxylic acids is 1. The lowest BCUT2D eigenvalue weighted by atomic mass is 10.1. The van der Waals surface area contributed by atoms with Crippen molar-refractivity contribution in [1.82, 2.24) is 19.6 Å². The summed E-state index contributed by atoms with van der Waals surface area (Å²) in [6, 6.07) is 7.91. The number of hydrogen-bond acceptors (Lipinski definition) is 3. The van der Waals surface area contributed by atoms with E-state index in [4.69, 9.17) is 23.2 Å². The summed E-state index contributed by atoms with van der Waals surface area (Å²) in [5, 5.41) is 5.53. The van der Waals surface area contributed by atoms with E-state index in [1.54, 1.807) is 17.1 Å². The average Bonchev–Trinajstić information content (AvgIpc) is 3.02. The van der Waals surface area contributed by atoms with Gasteiger partial charge in [0.15, 0.2) is 0 Å². The Morgan fingerprint density at radius 3 is 2.56 bits per heavy atom. The fourth-order valence-electron chi connectivity index (χ4n) is 3.10. The van der Waals surface area contributed by atoms with Crippen LogP contribution < -0.4 is 0 Å². The number of piperazine rings is 1. The highest BCUT2D eigenvalue weighted by Crippen LogP contribution is 2.18. The first-order chi connectivity index (χ1) is 12.0. The predicted molar refractivity (Wildman–Crippen MR) is 99.7 cm³/mol. The zero-order chi connectivity index (χ0) is 17.8. The second-order valence-corrected chi connectivity index (χ2v) is 7.32. The van der Waals surface area contributed by atoms with Crippen LogP contribution >= 0.6 is 23.2 Å². The molecule has 1 aromatic heterocycles. The topological polar surface area (TPSA) is 41.4 Å². The molecule has 0 aliphatic carbocycles. The second-order valence-electron chi connectivity index (χ2n) is 6.47. The van der Waals surface area contributed by atoms with Gasteiger partial charge in [-0.15, -0.1) is 0 Å². The van der Waals surface area contributed by atoms with E-state index in [9.17, 15) is 4.79 Å². The number of halogens is 2. The molecule has 1 aromatic carbocycles. The molecule has 0 saturated carbocycles. The Bertz CT molecular complexity index is 725. The first-order valence-electron chi connectivity index (χ1n) is 8.45. The number of amides is 1. The number of hydrogen-bond donors (Lipinski definition) is 0. The summed E-state index contributed by atoms with van der Waals surface area (Å²) >= 11 is 12.1. The van der Waals surface area contributed by atoms with Crippen molar-refractivity contribution in [3.63, 3.8) is 0 Å². The van der Waals surface area contributed by atoms with Crippen LogP contribution in [0.25, 0.3) is 0 Å². The third kappa shape index (κ3) is 4.75. The summed E-state index contributed by atoms with van der Waals surface area (Å²) in [5.74, 6) is 0.0510. The lowest BCUT2D eigenvalue weighted by Gasteiger charge is -2.36. The van der Waals surface area contributed by atoms with Gasteiger partial charge in [0.25, 0.3) is 0 Å². The van der Waals surface area contributed by atoms with Gasteiger partial charge in [-0.1, -0.05) is 48.3 Å². The standard InChI is InChI=1S/C18H22Cl2N4O/c1-14(11-24-13-16(19)10-21-24)18(25)23-8-6-22(7-9-23)12-15-4-2-3-5-17(15)20/h2-5,10,13-14H,6-9,11-12H2,1H3. The fraction of sp³-hybridized carbons (Fsp3) is 0.444. The van der Waals surface area contributed by atoms with Crippen molar-refractivity contribution in [2.45, 2.75) is 20.0 Å². The highest BCUT2D eigenvalue weighted by atomic mass is 35.5. The maximum atomic E-state index is 12.6. The average molecular weight is 381 g/mol. The summed E-state index contributed by atoms with van der Waals surface area (Å²) in [7, 11) is 0. The van der Waals surface area contributed by atoms with Crippen molar-refractivity contribution < 1.29 is 4.79 Å². The lowest BCUT2D eigenvalue weighted by molar-refractivity contribution is -0.137. The van der Waals surface area contributed by atoms with Gasteiger partial charge in [-0.25, -0.2) is 0 Å². The molecule has 25 heavy (non-hydrogen) atoms. The van der Waals surface area contributed by atoms with E-state index >= 15 is 0 Å². The van der Waals surface area contributed by atoms with Crippen LogP contribution in [-0.2, 0) is 17.9 Å². The summed E-state index contributed by atoms with van der Waals surface area (Å²) in [5.41, 5.74) is 1.13. The van der Waals surface area contributed by atoms with Crippen molar-refractivity contribution >= 4 is 29.1 Å².